The molecule has 15 heavy (non-hydrogen) atoms. The van der Waals surface area contributed by atoms with Crippen molar-refractivity contribution in [3.63, 3.8) is 0 Å². The van der Waals surface area contributed by atoms with Gasteiger partial charge in [0.2, 0.25) is 0 Å². The van der Waals surface area contributed by atoms with Crippen LogP contribution in [-0.2, 0) is 0 Å². The smallest absolute Gasteiger partial charge is 0.259 e. The van der Waals surface area contributed by atoms with E-state index in [0.717, 1.165) is 15.4 Å². The molecule has 0 bridgehead atoms. The maximum atomic E-state index is 11.6. The van der Waals surface area contributed by atoms with E-state index in [9.17, 15) is 4.79 Å². The van der Waals surface area contributed by atoms with Gasteiger partial charge in [-0.2, -0.15) is 0 Å². The molecule has 4 heteroatoms. The zero-order valence-corrected chi connectivity index (χ0v) is 9.17. The number of fused-ring (bicyclic) bond motifs is 3. The normalized spacial score (nSPS) is 11.3. The fourth-order valence-corrected chi connectivity index (χ4v) is 2.07. The van der Waals surface area contributed by atoms with Crippen molar-refractivity contribution in [2.45, 2.75) is 0 Å². The maximum absolute atomic E-state index is 11.6. The van der Waals surface area contributed by atoms with Gasteiger partial charge in [0.15, 0.2) is 0 Å². The van der Waals surface area contributed by atoms with E-state index in [1.54, 1.807) is 6.07 Å². The fraction of sp³-hybridized carbons (Fsp3) is 0. The Morgan fingerprint density at radius 3 is 2.93 bits per heavy atom. The van der Waals surface area contributed by atoms with Gasteiger partial charge in [0.25, 0.3) is 5.56 Å². The van der Waals surface area contributed by atoms with Gasteiger partial charge in [0.05, 0.1) is 17.2 Å². The number of aromatic nitrogens is 1. The second-order valence-corrected chi connectivity index (χ2v) is 4.22. The van der Waals surface area contributed by atoms with Gasteiger partial charge in [-0.15, -0.1) is 0 Å². The van der Waals surface area contributed by atoms with E-state index in [-0.39, 0.29) is 5.56 Å². The van der Waals surface area contributed by atoms with Crippen molar-refractivity contribution < 1.29 is 4.42 Å². The summed E-state index contributed by atoms with van der Waals surface area (Å²) in [5.74, 6) is 0. The number of nitrogens with one attached hydrogen (secondary N) is 1. The van der Waals surface area contributed by atoms with Crippen LogP contribution in [-0.4, -0.2) is 4.98 Å². The van der Waals surface area contributed by atoms with Crippen LogP contribution >= 0.6 is 15.9 Å². The number of hydrogen-bond donors (Lipinski definition) is 1. The predicted molar refractivity (Wildman–Crippen MR) is 62.0 cm³/mol. The summed E-state index contributed by atoms with van der Waals surface area (Å²) in [5, 5.41) is 1.50. The molecule has 3 rings (SSSR count). The minimum atomic E-state index is -0.121. The highest BCUT2D eigenvalue weighted by Crippen LogP contribution is 2.24. The highest BCUT2D eigenvalue weighted by molar-refractivity contribution is 9.10. The third kappa shape index (κ3) is 1.22. The van der Waals surface area contributed by atoms with Crippen LogP contribution in [0, 0.1) is 0 Å². The number of aromatic amines is 1. The maximum Gasteiger partial charge on any atom is 0.259 e. The van der Waals surface area contributed by atoms with Gasteiger partial charge in [-0.25, -0.2) is 0 Å². The molecule has 2 aromatic heterocycles. The van der Waals surface area contributed by atoms with Gasteiger partial charge in [-0.05, 0) is 24.3 Å². The molecule has 0 aliphatic rings. The standard InChI is InChI=1S/C11H6BrNO2/c12-6-1-2-7-9(5-6)13-11(14)8-3-4-15-10(7)8/h1-5H,(H,13,14). The lowest BCUT2D eigenvalue weighted by atomic mass is 10.2. The first-order valence-electron chi connectivity index (χ1n) is 4.44. The van der Waals surface area contributed by atoms with E-state index < -0.39 is 0 Å². The van der Waals surface area contributed by atoms with Crippen LogP contribution in [0.15, 0.2) is 44.2 Å². The molecule has 0 radical (unpaired) electrons. The summed E-state index contributed by atoms with van der Waals surface area (Å²) in [6.07, 6.45) is 1.53. The highest BCUT2D eigenvalue weighted by Gasteiger charge is 2.07. The van der Waals surface area contributed by atoms with E-state index >= 15 is 0 Å². The average molecular weight is 264 g/mol. The van der Waals surface area contributed by atoms with Crippen molar-refractivity contribution in [1.29, 1.82) is 0 Å². The molecule has 1 aromatic carbocycles. The van der Waals surface area contributed by atoms with Gasteiger partial charge in [-0.3, -0.25) is 4.79 Å². The Kier molecular flexibility index (Phi) is 1.73. The average Bonchev–Trinajstić information content (AvgIpc) is 2.66. The number of benzene rings is 1. The Labute approximate surface area is 92.8 Å². The fourth-order valence-electron chi connectivity index (χ4n) is 1.70. The lowest BCUT2D eigenvalue weighted by molar-refractivity contribution is 0.619. The summed E-state index contributed by atoms with van der Waals surface area (Å²) < 4.78 is 6.24. The van der Waals surface area contributed by atoms with Gasteiger partial charge in [-0.1, -0.05) is 15.9 Å². The van der Waals surface area contributed by atoms with Crippen LogP contribution in [0.4, 0.5) is 0 Å². The molecule has 2 heterocycles. The monoisotopic (exact) mass is 263 g/mol. The van der Waals surface area contributed by atoms with Crippen molar-refractivity contribution in [3.8, 4) is 0 Å². The van der Waals surface area contributed by atoms with Gasteiger partial charge in [0.1, 0.15) is 5.58 Å². The Balaban J connectivity index is 2.66. The number of furan rings is 1. The molecule has 0 saturated carbocycles. The third-order valence-corrected chi connectivity index (χ3v) is 2.88. The summed E-state index contributed by atoms with van der Waals surface area (Å²) in [7, 11) is 0. The van der Waals surface area contributed by atoms with Crippen molar-refractivity contribution in [3.05, 3.63) is 45.4 Å². The lowest BCUT2D eigenvalue weighted by Crippen LogP contribution is -2.04. The van der Waals surface area contributed by atoms with E-state index in [4.69, 9.17) is 4.42 Å². The molecular formula is C11H6BrNO2. The molecule has 0 fully saturated rings. The van der Waals surface area contributed by atoms with Gasteiger partial charge >= 0.3 is 0 Å². The SMILES string of the molecule is O=c1[nH]c2cc(Br)ccc2c2occc12. The molecule has 0 spiro atoms. The number of pyridine rings is 1. The molecule has 0 amide bonds. The van der Waals surface area contributed by atoms with Crippen LogP contribution in [0.25, 0.3) is 21.9 Å². The Bertz CT molecular complexity index is 711. The molecule has 0 aliphatic heterocycles. The molecule has 0 atom stereocenters. The molecular weight excluding hydrogens is 258 g/mol. The summed E-state index contributed by atoms with van der Waals surface area (Å²) in [6.45, 7) is 0. The van der Waals surface area contributed by atoms with Crippen LogP contribution in [0.2, 0.25) is 0 Å². The van der Waals surface area contributed by atoms with E-state index in [1.165, 1.54) is 6.26 Å². The zero-order chi connectivity index (χ0) is 10.4. The Morgan fingerprint density at radius 2 is 2.07 bits per heavy atom. The lowest BCUT2D eigenvalue weighted by Gasteiger charge is -1.98. The van der Waals surface area contributed by atoms with Crippen LogP contribution < -0.4 is 5.56 Å². The van der Waals surface area contributed by atoms with Crippen LogP contribution in [0.5, 0.6) is 0 Å². The third-order valence-electron chi connectivity index (χ3n) is 2.38. The second kappa shape index (κ2) is 2.97. The van der Waals surface area contributed by atoms with Gasteiger partial charge < -0.3 is 9.40 Å². The number of rotatable bonds is 0. The first-order valence-corrected chi connectivity index (χ1v) is 5.24. The first kappa shape index (κ1) is 8.73. The largest absolute Gasteiger partial charge is 0.463 e. The minimum absolute atomic E-state index is 0.121. The number of H-pyrrole nitrogens is 1. The van der Waals surface area contributed by atoms with Crippen molar-refractivity contribution in [2.24, 2.45) is 0 Å². The van der Waals surface area contributed by atoms with Crippen molar-refractivity contribution in [2.75, 3.05) is 0 Å². The highest BCUT2D eigenvalue weighted by atomic mass is 79.9. The van der Waals surface area contributed by atoms with Crippen molar-refractivity contribution in [1.82, 2.24) is 4.98 Å². The second-order valence-electron chi connectivity index (χ2n) is 3.31. The van der Waals surface area contributed by atoms with E-state index in [2.05, 4.69) is 20.9 Å². The van der Waals surface area contributed by atoms with Gasteiger partial charge in [0, 0.05) is 9.86 Å². The summed E-state index contributed by atoms with van der Waals surface area (Å²) in [6, 6.07) is 7.37. The minimum Gasteiger partial charge on any atom is -0.463 e. The molecule has 0 aliphatic carbocycles. The molecule has 3 aromatic rings. The quantitative estimate of drug-likeness (QED) is 0.678. The molecule has 3 nitrogen and oxygen atoms in total. The molecule has 0 saturated heterocycles. The molecule has 0 unspecified atom stereocenters. The number of halogens is 1. The summed E-state index contributed by atoms with van der Waals surface area (Å²) in [5.41, 5.74) is 1.29. The predicted octanol–water partition coefficient (Wildman–Crippen LogP) is 3.04. The summed E-state index contributed by atoms with van der Waals surface area (Å²) in [4.78, 5) is 14.4. The Hall–Kier alpha value is -1.55. The summed E-state index contributed by atoms with van der Waals surface area (Å²) >= 11 is 3.36. The first-order chi connectivity index (χ1) is 7.25. The van der Waals surface area contributed by atoms with E-state index in [0.29, 0.717) is 11.0 Å². The van der Waals surface area contributed by atoms with Crippen LogP contribution in [0.1, 0.15) is 0 Å². The zero-order valence-electron chi connectivity index (χ0n) is 7.58. The molecule has 1 N–H and O–H groups in total. The topological polar surface area (TPSA) is 46.0 Å². The van der Waals surface area contributed by atoms with Crippen LogP contribution in [0.3, 0.4) is 0 Å². The molecule has 74 valence electrons. The van der Waals surface area contributed by atoms with E-state index in [1.807, 2.05) is 18.2 Å². The number of hydrogen-bond acceptors (Lipinski definition) is 2. The van der Waals surface area contributed by atoms with Crippen molar-refractivity contribution >= 4 is 37.8 Å². The Morgan fingerprint density at radius 1 is 1.20 bits per heavy atom.